The Labute approximate surface area is 286 Å². The van der Waals surface area contributed by atoms with Crippen LogP contribution in [-0.2, 0) is 10.0 Å². The van der Waals surface area contributed by atoms with Crippen LogP contribution in [0.3, 0.4) is 0 Å². The van der Waals surface area contributed by atoms with Crippen LogP contribution in [-0.4, -0.2) is 59.8 Å². The van der Waals surface area contributed by atoms with Crippen LogP contribution in [0.5, 0.6) is 0 Å². The first-order valence-corrected chi connectivity index (χ1v) is 21.0. The van der Waals surface area contributed by atoms with Crippen molar-refractivity contribution in [1.29, 1.82) is 0 Å². The number of rotatable bonds is 7. The van der Waals surface area contributed by atoms with Gasteiger partial charge in [-0.15, -0.1) is 11.3 Å². The third-order valence-electron chi connectivity index (χ3n) is 16.3. The van der Waals surface area contributed by atoms with Crippen molar-refractivity contribution in [2.45, 2.75) is 111 Å². The van der Waals surface area contributed by atoms with Crippen molar-refractivity contribution in [3.63, 3.8) is 0 Å². The monoisotopic (exact) mass is 681 g/mol. The molecule has 1 aromatic heterocycles. The maximum Gasteiger partial charge on any atom is 0.211 e. The van der Waals surface area contributed by atoms with Gasteiger partial charge >= 0.3 is 0 Å². The predicted molar refractivity (Wildman–Crippen MR) is 186 cm³/mol. The first kappa shape index (κ1) is 32.9. The Kier molecular flexibility index (Phi) is 7.09. The van der Waals surface area contributed by atoms with E-state index < -0.39 is 26.5 Å². The number of carbonyl (C=O) groups is 1. The van der Waals surface area contributed by atoms with Gasteiger partial charge in [-0.3, -0.25) is 4.79 Å². The smallest absolute Gasteiger partial charge is 0.211 e. The van der Waals surface area contributed by atoms with Gasteiger partial charge in [0, 0.05) is 39.8 Å². The third kappa shape index (κ3) is 4.23. The van der Waals surface area contributed by atoms with Gasteiger partial charge in [-0.2, -0.15) is 4.31 Å². The van der Waals surface area contributed by atoms with Crippen LogP contribution < -0.4 is 0 Å². The largest absolute Gasteiger partial charge is 0.393 e. The van der Waals surface area contributed by atoms with E-state index >= 15 is 0 Å². The van der Waals surface area contributed by atoms with Gasteiger partial charge in [-0.1, -0.05) is 45.9 Å². The number of sulfonamides is 1. The van der Waals surface area contributed by atoms with Crippen LogP contribution in [0.25, 0.3) is 0 Å². The minimum atomic E-state index is -3.55. The fourth-order valence-electron chi connectivity index (χ4n) is 13.3. The first-order valence-electron chi connectivity index (χ1n) is 18.3. The van der Waals surface area contributed by atoms with Crippen LogP contribution in [0.4, 0.5) is 0 Å². The van der Waals surface area contributed by atoms with Crippen LogP contribution in [0, 0.1) is 63.6 Å². The highest BCUT2D eigenvalue weighted by Crippen LogP contribution is 2.78. The van der Waals surface area contributed by atoms with Crippen molar-refractivity contribution in [2.24, 2.45) is 56.7 Å². The Morgan fingerprint density at radius 2 is 1.68 bits per heavy atom. The molecule has 0 saturated heterocycles. The quantitative estimate of drug-likeness (QED) is 0.235. The van der Waals surface area contributed by atoms with Crippen molar-refractivity contribution in [3.05, 3.63) is 45.7 Å². The van der Waals surface area contributed by atoms with Crippen molar-refractivity contribution in [1.82, 2.24) is 4.31 Å². The summed E-state index contributed by atoms with van der Waals surface area (Å²) in [7, 11) is -3.55. The van der Waals surface area contributed by atoms with Gasteiger partial charge in [0.1, 0.15) is 0 Å². The summed E-state index contributed by atoms with van der Waals surface area (Å²) in [5.74, 6) is 1.93. The van der Waals surface area contributed by atoms with E-state index in [0.717, 1.165) is 66.2 Å². The van der Waals surface area contributed by atoms with Crippen molar-refractivity contribution >= 4 is 27.1 Å². The van der Waals surface area contributed by atoms with Gasteiger partial charge in [-0.05, 0) is 124 Å². The number of thiophene rings is 1. The van der Waals surface area contributed by atoms with Crippen molar-refractivity contribution in [2.75, 3.05) is 19.3 Å². The van der Waals surface area contributed by atoms with Gasteiger partial charge < -0.3 is 10.2 Å². The molecule has 0 radical (unpaired) electrons. The van der Waals surface area contributed by atoms with E-state index in [1.165, 1.54) is 12.7 Å². The number of allylic oxidation sites excluding steroid dienone is 4. The molecule has 9 aliphatic rings. The van der Waals surface area contributed by atoms with Gasteiger partial charge in [0.2, 0.25) is 10.0 Å². The average Bonchev–Trinajstić information content (AvgIpc) is 3.56. The zero-order chi connectivity index (χ0) is 33.6. The Morgan fingerprint density at radius 3 is 2.34 bits per heavy atom. The lowest BCUT2D eigenvalue weighted by molar-refractivity contribution is -0.174. The molecule has 2 N–H and O–H groups in total. The van der Waals surface area contributed by atoms with Gasteiger partial charge in [0.15, 0.2) is 5.78 Å². The standard InChI is InChI=1S/C39H55NO5S2/c1-24-7-10-30(46-24)33(42)29-21-37-17-18-39(29)31(35(37,4)14-11-27(41)20-37)12-15-36(5)32(39)13-16-38(36,43)23-40(47(6,44)45)22-25-8-9-26-19-28(25)34(26,2)3/h7,10,17-18,21,25-28,31-32,41,43H,8-9,11-16,19-20,22-23H2,1-6H3. The summed E-state index contributed by atoms with van der Waals surface area (Å²) in [6.07, 6.45) is 16.6. The summed E-state index contributed by atoms with van der Waals surface area (Å²) in [5.41, 5.74) is -1.61. The predicted octanol–water partition coefficient (Wildman–Crippen LogP) is 7.16. The molecule has 6 saturated carbocycles. The molecule has 11 atom stereocenters. The lowest BCUT2D eigenvalue weighted by Gasteiger charge is -2.71. The second-order valence-electron chi connectivity index (χ2n) is 18.3. The maximum atomic E-state index is 14.7. The van der Waals surface area contributed by atoms with Crippen molar-refractivity contribution in [3.8, 4) is 0 Å². The molecule has 6 nitrogen and oxygen atoms in total. The summed E-state index contributed by atoms with van der Waals surface area (Å²) in [5, 5.41) is 23.9. The van der Waals surface area contributed by atoms with E-state index in [1.807, 2.05) is 19.1 Å². The molecule has 2 spiro atoms. The summed E-state index contributed by atoms with van der Waals surface area (Å²) in [4.78, 5) is 16.5. The molecule has 0 aromatic carbocycles. The molecule has 8 heteroatoms. The minimum absolute atomic E-state index is 0.00986. The topological polar surface area (TPSA) is 94.9 Å². The molecule has 10 rings (SSSR count). The molecule has 258 valence electrons. The first-order chi connectivity index (χ1) is 21.9. The normalized spacial score (nSPS) is 47.6. The SMILES string of the molecule is Cc1ccc(C(=O)C2=CC34C=CC25C(CCC2(C)C5CCC2(O)CN(CC2CCC5CC2C5(C)C)S(C)(=O)=O)C3(C)CCC(O)C4)s1. The van der Waals surface area contributed by atoms with E-state index in [1.54, 1.807) is 15.6 Å². The Morgan fingerprint density at radius 1 is 0.979 bits per heavy atom. The second kappa shape index (κ2) is 10.1. The van der Waals surface area contributed by atoms with Gasteiger partial charge in [0.05, 0.1) is 22.8 Å². The number of hydrogen-bond acceptors (Lipinski definition) is 6. The van der Waals surface area contributed by atoms with E-state index in [2.05, 4.69) is 45.9 Å². The number of aliphatic hydroxyl groups is 2. The molecule has 1 heterocycles. The Hall–Kier alpha value is -1.32. The van der Waals surface area contributed by atoms with Crippen molar-refractivity contribution < 1.29 is 23.4 Å². The Bertz CT molecular complexity index is 1670. The lowest BCUT2D eigenvalue weighted by atomic mass is 9.32. The summed E-state index contributed by atoms with van der Waals surface area (Å²) in [6.45, 7) is 12.0. The molecule has 11 unspecified atom stereocenters. The van der Waals surface area contributed by atoms with Crippen LogP contribution in [0.15, 0.2) is 35.9 Å². The number of Topliss-reactive ketones (excluding diaryl/α,β-unsaturated/α-hetero) is 1. The Balaban J connectivity index is 1.18. The molecular weight excluding hydrogens is 627 g/mol. The summed E-state index contributed by atoms with van der Waals surface area (Å²) < 4.78 is 28.6. The molecule has 0 amide bonds. The number of hydrogen-bond donors (Lipinski definition) is 2. The number of nitrogens with zero attached hydrogens (tertiary/aromatic N) is 1. The number of aliphatic hydroxyl groups excluding tert-OH is 1. The molecular formula is C39H55NO5S2. The zero-order valence-electron chi connectivity index (χ0n) is 29.2. The molecule has 0 aliphatic heterocycles. The highest BCUT2D eigenvalue weighted by atomic mass is 32.2. The van der Waals surface area contributed by atoms with E-state index in [9.17, 15) is 23.4 Å². The van der Waals surface area contributed by atoms with E-state index in [-0.39, 0.29) is 46.5 Å². The molecule has 47 heavy (non-hydrogen) atoms. The minimum Gasteiger partial charge on any atom is -0.393 e. The number of carbonyl (C=O) groups excluding carboxylic acids is 1. The zero-order valence-corrected chi connectivity index (χ0v) is 30.9. The highest BCUT2D eigenvalue weighted by Gasteiger charge is 2.74. The second-order valence-corrected chi connectivity index (χ2v) is 21.6. The highest BCUT2D eigenvalue weighted by molar-refractivity contribution is 7.88. The van der Waals surface area contributed by atoms with Gasteiger partial charge in [0.25, 0.3) is 0 Å². The summed E-state index contributed by atoms with van der Waals surface area (Å²) in [6, 6.07) is 3.98. The fraction of sp³-hybridized carbons (Fsp3) is 0.769. The lowest BCUT2D eigenvalue weighted by Crippen LogP contribution is -2.67. The molecule has 4 bridgehead atoms. The number of ketones is 1. The molecule has 1 aromatic rings. The third-order valence-corrected chi connectivity index (χ3v) is 18.5. The van der Waals surface area contributed by atoms with Crippen LogP contribution >= 0.6 is 11.3 Å². The number of aryl methyl sites for hydroxylation is 1. The molecule has 6 fully saturated rings. The maximum absolute atomic E-state index is 14.7. The van der Waals surface area contributed by atoms with E-state index in [4.69, 9.17) is 0 Å². The number of fused-ring (bicyclic) bond motifs is 3. The molecule has 9 aliphatic carbocycles. The average molecular weight is 682 g/mol. The van der Waals surface area contributed by atoms with Crippen LogP contribution in [0.2, 0.25) is 0 Å². The van der Waals surface area contributed by atoms with Gasteiger partial charge in [-0.25, -0.2) is 8.42 Å². The summed E-state index contributed by atoms with van der Waals surface area (Å²) >= 11 is 1.55. The fourth-order valence-corrected chi connectivity index (χ4v) is 15.1. The van der Waals surface area contributed by atoms with E-state index in [0.29, 0.717) is 31.2 Å². The van der Waals surface area contributed by atoms with Crippen LogP contribution in [0.1, 0.15) is 106 Å².